The summed E-state index contributed by atoms with van der Waals surface area (Å²) in [5, 5.41) is 17.0. The molecule has 1 unspecified atom stereocenters. The van der Waals surface area contributed by atoms with E-state index in [9.17, 15) is 9.90 Å². The lowest BCUT2D eigenvalue weighted by molar-refractivity contribution is -0.117. The molecule has 0 saturated carbocycles. The van der Waals surface area contributed by atoms with Gasteiger partial charge >= 0.3 is 6.01 Å². The molecule has 1 aliphatic rings. The lowest BCUT2D eigenvalue weighted by Gasteiger charge is -2.08. The Hall–Kier alpha value is -2.02. The van der Waals surface area contributed by atoms with Gasteiger partial charge in [-0.05, 0) is 24.3 Å². The third-order valence-electron chi connectivity index (χ3n) is 2.86. The predicted octanol–water partition coefficient (Wildman–Crippen LogP) is 1.48. The van der Waals surface area contributed by atoms with E-state index < -0.39 is 0 Å². The van der Waals surface area contributed by atoms with Crippen LogP contribution in [0.25, 0.3) is 11.5 Å². The van der Waals surface area contributed by atoms with Crippen molar-refractivity contribution in [1.82, 2.24) is 10.2 Å². The molecule has 2 heterocycles. The number of carbonyl (C=O) groups excluding carboxylic acids is 1. The number of carbonyl (C=O) groups is 1. The third kappa shape index (κ3) is 2.28. The van der Waals surface area contributed by atoms with Crippen molar-refractivity contribution >= 4 is 24.6 Å². The van der Waals surface area contributed by atoms with E-state index in [0.717, 1.165) is 0 Å². The van der Waals surface area contributed by atoms with Gasteiger partial charge in [0.05, 0.1) is 0 Å². The van der Waals surface area contributed by atoms with Gasteiger partial charge in [0.25, 0.3) is 0 Å². The van der Waals surface area contributed by atoms with E-state index in [-0.39, 0.29) is 22.9 Å². The number of amides is 1. The summed E-state index contributed by atoms with van der Waals surface area (Å²) in [6.07, 6.45) is 0.375. The molecule has 6 nitrogen and oxygen atoms in total. The summed E-state index contributed by atoms with van der Waals surface area (Å²) in [5.41, 5.74) is 0.686. The SMILES string of the molecule is O=C1CC(S)CN1c1nnc(-c2ccc(O)cc2)o1. The van der Waals surface area contributed by atoms with Gasteiger partial charge in [0.2, 0.25) is 11.8 Å². The largest absolute Gasteiger partial charge is 0.508 e. The zero-order valence-corrected chi connectivity index (χ0v) is 10.7. The molecule has 1 atom stereocenters. The number of aromatic hydroxyl groups is 1. The summed E-state index contributed by atoms with van der Waals surface area (Å²) in [5.74, 6) is 0.405. The van der Waals surface area contributed by atoms with Crippen molar-refractivity contribution in [2.45, 2.75) is 11.7 Å². The normalized spacial score (nSPS) is 19.1. The lowest BCUT2D eigenvalue weighted by Crippen LogP contribution is -2.24. The zero-order chi connectivity index (χ0) is 13.4. The Morgan fingerprint density at radius 1 is 1.32 bits per heavy atom. The van der Waals surface area contributed by atoms with Crippen molar-refractivity contribution < 1.29 is 14.3 Å². The van der Waals surface area contributed by atoms with Crippen molar-refractivity contribution in [3.63, 3.8) is 0 Å². The summed E-state index contributed by atoms with van der Waals surface area (Å²) in [6.45, 7) is 0.471. The molecule has 7 heteroatoms. The average molecular weight is 277 g/mol. The second kappa shape index (κ2) is 4.58. The minimum absolute atomic E-state index is 0.00322. The first kappa shape index (κ1) is 12.0. The number of nitrogens with zero attached hydrogens (tertiary/aromatic N) is 3. The summed E-state index contributed by atoms with van der Waals surface area (Å²) >= 11 is 4.27. The van der Waals surface area contributed by atoms with E-state index in [1.807, 2.05) is 0 Å². The maximum Gasteiger partial charge on any atom is 0.325 e. The van der Waals surface area contributed by atoms with E-state index in [1.165, 1.54) is 17.0 Å². The van der Waals surface area contributed by atoms with Gasteiger partial charge in [-0.2, -0.15) is 12.6 Å². The Morgan fingerprint density at radius 2 is 2.05 bits per heavy atom. The van der Waals surface area contributed by atoms with E-state index in [1.54, 1.807) is 12.1 Å². The topological polar surface area (TPSA) is 79.5 Å². The molecule has 0 spiro atoms. The maximum absolute atomic E-state index is 11.7. The van der Waals surface area contributed by atoms with E-state index in [0.29, 0.717) is 24.4 Å². The monoisotopic (exact) mass is 277 g/mol. The zero-order valence-electron chi connectivity index (χ0n) is 9.85. The number of hydrogen-bond acceptors (Lipinski definition) is 6. The van der Waals surface area contributed by atoms with E-state index >= 15 is 0 Å². The average Bonchev–Trinajstić information content (AvgIpc) is 2.97. The van der Waals surface area contributed by atoms with Crippen molar-refractivity contribution in [3.05, 3.63) is 24.3 Å². The molecule has 1 aliphatic heterocycles. The van der Waals surface area contributed by atoms with Crippen LogP contribution in [0.2, 0.25) is 0 Å². The lowest BCUT2D eigenvalue weighted by atomic mass is 10.2. The maximum atomic E-state index is 11.7. The highest BCUT2D eigenvalue weighted by Gasteiger charge is 2.31. The van der Waals surface area contributed by atoms with Gasteiger partial charge in [0.15, 0.2) is 0 Å². The number of aromatic nitrogens is 2. The molecular weight excluding hydrogens is 266 g/mol. The molecule has 1 aromatic carbocycles. The fraction of sp³-hybridized carbons (Fsp3) is 0.250. The molecule has 1 aromatic heterocycles. The minimum Gasteiger partial charge on any atom is -0.508 e. The fourth-order valence-electron chi connectivity index (χ4n) is 1.92. The van der Waals surface area contributed by atoms with Crippen LogP contribution in [0.3, 0.4) is 0 Å². The summed E-state index contributed by atoms with van der Waals surface area (Å²) < 4.78 is 5.48. The molecule has 19 heavy (non-hydrogen) atoms. The number of anilines is 1. The van der Waals surface area contributed by atoms with Crippen LogP contribution < -0.4 is 4.90 Å². The number of phenols is 1. The van der Waals surface area contributed by atoms with Gasteiger partial charge in [0.1, 0.15) is 5.75 Å². The Balaban J connectivity index is 1.87. The van der Waals surface area contributed by atoms with Crippen LogP contribution in [0.1, 0.15) is 6.42 Å². The van der Waals surface area contributed by atoms with E-state index in [2.05, 4.69) is 22.8 Å². The van der Waals surface area contributed by atoms with Crippen molar-refractivity contribution in [3.8, 4) is 17.2 Å². The Kier molecular flexibility index (Phi) is 2.90. The van der Waals surface area contributed by atoms with Crippen LogP contribution in [0, 0.1) is 0 Å². The Bertz CT molecular complexity index is 611. The summed E-state index contributed by atoms with van der Waals surface area (Å²) in [6, 6.07) is 6.58. The Labute approximate surface area is 114 Å². The number of benzene rings is 1. The molecule has 1 N–H and O–H groups in total. The highest BCUT2D eigenvalue weighted by atomic mass is 32.1. The molecular formula is C12H11N3O3S. The van der Waals surface area contributed by atoms with Crippen molar-refractivity contribution in [1.29, 1.82) is 0 Å². The quantitative estimate of drug-likeness (QED) is 0.813. The standard InChI is InChI=1S/C12H11N3O3S/c16-8-3-1-7(2-4-8)11-13-14-12(18-11)15-6-9(19)5-10(15)17/h1-4,9,16,19H,5-6H2. The number of thiol groups is 1. The van der Waals surface area contributed by atoms with Crippen LogP contribution in [-0.2, 0) is 4.79 Å². The first-order chi connectivity index (χ1) is 9.13. The smallest absolute Gasteiger partial charge is 0.325 e. The van der Waals surface area contributed by atoms with Crippen molar-refractivity contribution in [2.24, 2.45) is 0 Å². The molecule has 1 saturated heterocycles. The fourth-order valence-corrected chi connectivity index (χ4v) is 2.24. The van der Waals surface area contributed by atoms with Gasteiger partial charge in [-0.3, -0.25) is 9.69 Å². The van der Waals surface area contributed by atoms with Crippen LogP contribution in [0.5, 0.6) is 5.75 Å². The van der Waals surface area contributed by atoms with Gasteiger partial charge in [-0.1, -0.05) is 5.10 Å². The van der Waals surface area contributed by atoms with Gasteiger partial charge < -0.3 is 9.52 Å². The van der Waals surface area contributed by atoms with Gasteiger partial charge in [-0.25, -0.2) is 0 Å². The predicted molar refractivity (Wildman–Crippen MR) is 71.1 cm³/mol. The van der Waals surface area contributed by atoms with Crippen LogP contribution in [0.15, 0.2) is 28.7 Å². The van der Waals surface area contributed by atoms with Crippen LogP contribution in [0.4, 0.5) is 6.01 Å². The van der Waals surface area contributed by atoms with Gasteiger partial charge in [-0.15, -0.1) is 5.10 Å². The molecule has 1 fully saturated rings. The summed E-state index contributed by atoms with van der Waals surface area (Å²) in [7, 11) is 0. The summed E-state index contributed by atoms with van der Waals surface area (Å²) in [4.78, 5) is 13.1. The molecule has 0 radical (unpaired) electrons. The molecule has 2 aromatic rings. The van der Waals surface area contributed by atoms with Crippen molar-refractivity contribution in [2.75, 3.05) is 11.4 Å². The Morgan fingerprint density at radius 3 is 2.68 bits per heavy atom. The molecule has 98 valence electrons. The number of rotatable bonds is 2. The minimum atomic E-state index is -0.0686. The first-order valence-corrected chi connectivity index (χ1v) is 6.26. The van der Waals surface area contributed by atoms with E-state index in [4.69, 9.17) is 4.42 Å². The molecule has 0 aliphatic carbocycles. The second-order valence-corrected chi connectivity index (χ2v) is 5.03. The number of phenolic OH excluding ortho intramolecular Hbond substituents is 1. The highest BCUT2D eigenvalue weighted by Crippen LogP contribution is 2.27. The van der Waals surface area contributed by atoms with Crippen LogP contribution >= 0.6 is 12.6 Å². The highest BCUT2D eigenvalue weighted by molar-refractivity contribution is 7.81. The second-order valence-electron chi connectivity index (χ2n) is 4.30. The molecule has 3 rings (SSSR count). The number of hydrogen-bond donors (Lipinski definition) is 2. The van der Waals surface area contributed by atoms with Gasteiger partial charge in [0, 0.05) is 23.8 Å². The molecule has 0 bridgehead atoms. The molecule has 1 amide bonds. The third-order valence-corrected chi connectivity index (χ3v) is 3.21. The van der Waals surface area contributed by atoms with Crippen LogP contribution in [-0.4, -0.2) is 33.0 Å². The first-order valence-electron chi connectivity index (χ1n) is 5.75.